The van der Waals surface area contributed by atoms with Gasteiger partial charge >= 0.3 is 0 Å². The van der Waals surface area contributed by atoms with Gasteiger partial charge in [-0.25, -0.2) is 9.37 Å². The van der Waals surface area contributed by atoms with Gasteiger partial charge in [0.05, 0.1) is 7.11 Å². The van der Waals surface area contributed by atoms with Gasteiger partial charge in [0, 0.05) is 11.0 Å². The third kappa shape index (κ3) is 2.85. The average Bonchev–Trinajstić information content (AvgIpc) is 2.31. The first-order valence-corrected chi connectivity index (χ1v) is 5.61. The van der Waals surface area contributed by atoms with Crippen LogP contribution in [-0.4, -0.2) is 17.1 Å². The molecule has 2 N–H and O–H groups in total. The summed E-state index contributed by atoms with van der Waals surface area (Å²) in [6.07, 6.45) is 0. The van der Waals surface area contributed by atoms with Gasteiger partial charge in [-0.2, -0.15) is 4.98 Å². The van der Waals surface area contributed by atoms with Gasteiger partial charge in [0.1, 0.15) is 10.8 Å². The van der Waals surface area contributed by atoms with Crippen molar-refractivity contribution in [3.8, 4) is 5.88 Å². The number of nitrogens with zero attached hydrogens (tertiary/aromatic N) is 2. The predicted octanol–water partition coefficient (Wildman–Crippen LogP) is 2.36. The molecule has 6 heteroatoms. The lowest BCUT2D eigenvalue weighted by Gasteiger charge is -2.05. The number of hydrogen-bond donors (Lipinski definition) is 1. The molecule has 0 spiro atoms. The maximum atomic E-state index is 13.4. The number of methoxy groups -OCH3 is 1. The zero-order valence-electron chi connectivity index (χ0n) is 9.05. The van der Waals surface area contributed by atoms with Crippen LogP contribution in [0.15, 0.2) is 40.3 Å². The van der Waals surface area contributed by atoms with Crippen molar-refractivity contribution in [2.75, 3.05) is 12.8 Å². The lowest BCUT2D eigenvalue weighted by molar-refractivity contribution is 0.396. The standard InChI is InChI=1S/C11H10FN3OS/c1-16-9-6-10(15-11(13)14-9)17-8-5-3-2-4-7(8)12/h2-6H,1H3,(H2,13,14,15). The van der Waals surface area contributed by atoms with Crippen molar-refractivity contribution in [2.45, 2.75) is 9.92 Å². The van der Waals surface area contributed by atoms with E-state index in [4.69, 9.17) is 10.5 Å². The maximum absolute atomic E-state index is 13.4. The molecule has 1 heterocycles. The van der Waals surface area contributed by atoms with Crippen LogP contribution >= 0.6 is 11.8 Å². The van der Waals surface area contributed by atoms with Crippen LogP contribution in [0.3, 0.4) is 0 Å². The summed E-state index contributed by atoms with van der Waals surface area (Å²) in [4.78, 5) is 8.33. The smallest absolute Gasteiger partial charge is 0.224 e. The van der Waals surface area contributed by atoms with Crippen LogP contribution in [0, 0.1) is 5.82 Å². The van der Waals surface area contributed by atoms with Crippen LogP contribution < -0.4 is 10.5 Å². The molecule has 0 amide bonds. The number of nitrogen functional groups attached to an aromatic ring is 1. The van der Waals surface area contributed by atoms with Crippen molar-refractivity contribution in [1.29, 1.82) is 0 Å². The van der Waals surface area contributed by atoms with Gasteiger partial charge in [-0.3, -0.25) is 0 Å². The molecule has 0 radical (unpaired) electrons. The Kier molecular flexibility index (Phi) is 3.43. The molecule has 4 nitrogen and oxygen atoms in total. The topological polar surface area (TPSA) is 61.0 Å². The number of aromatic nitrogens is 2. The van der Waals surface area contributed by atoms with E-state index in [9.17, 15) is 4.39 Å². The second-order valence-electron chi connectivity index (χ2n) is 3.14. The molecule has 0 aliphatic heterocycles. The van der Waals surface area contributed by atoms with Crippen molar-refractivity contribution in [3.63, 3.8) is 0 Å². The molecule has 1 aromatic heterocycles. The Labute approximate surface area is 102 Å². The van der Waals surface area contributed by atoms with E-state index in [1.54, 1.807) is 24.3 Å². The lowest BCUT2D eigenvalue weighted by Crippen LogP contribution is -1.98. The van der Waals surface area contributed by atoms with Gasteiger partial charge in [-0.15, -0.1) is 0 Å². The van der Waals surface area contributed by atoms with Gasteiger partial charge in [-0.05, 0) is 12.1 Å². The van der Waals surface area contributed by atoms with Crippen LogP contribution in [0.1, 0.15) is 0 Å². The molecule has 0 saturated heterocycles. The zero-order chi connectivity index (χ0) is 12.3. The summed E-state index contributed by atoms with van der Waals surface area (Å²) in [6, 6.07) is 8.06. The maximum Gasteiger partial charge on any atom is 0.224 e. The van der Waals surface area contributed by atoms with Gasteiger partial charge < -0.3 is 10.5 Å². The summed E-state index contributed by atoms with van der Waals surface area (Å²) in [7, 11) is 1.49. The quantitative estimate of drug-likeness (QED) is 0.848. The third-order valence-electron chi connectivity index (χ3n) is 1.96. The van der Waals surface area contributed by atoms with Crippen LogP contribution in [0.25, 0.3) is 0 Å². The number of hydrogen-bond acceptors (Lipinski definition) is 5. The molecule has 1 aromatic carbocycles. The fourth-order valence-electron chi connectivity index (χ4n) is 1.22. The number of rotatable bonds is 3. The molecule has 0 bridgehead atoms. The summed E-state index contributed by atoms with van der Waals surface area (Å²) >= 11 is 1.17. The number of halogens is 1. The second kappa shape index (κ2) is 5.01. The normalized spacial score (nSPS) is 10.2. The second-order valence-corrected chi connectivity index (χ2v) is 4.20. The number of ether oxygens (including phenoxy) is 1. The monoisotopic (exact) mass is 251 g/mol. The molecular formula is C11H10FN3OS. The van der Waals surface area contributed by atoms with E-state index in [2.05, 4.69) is 9.97 Å². The highest BCUT2D eigenvalue weighted by Crippen LogP contribution is 2.29. The predicted molar refractivity (Wildman–Crippen MR) is 63.5 cm³/mol. The molecule has 2 aromatic rings. The van der Waals surface area contributed by atoms with Gasteiger partial charge in [0.25, 0.3) is 0 Å². The molecule has 0 aliphatic carbocycles. The van der Waals surface area contributed by atoms with Crippen LogP contribution in [0.2, 0.25) is 0 Å². The number of nitrogens with two attached hydrogens (primary N) is 1. The highest BCUT2D eigenvalue weighted by atomic mass is 32.2. The fourth-order valence-corrected chi connectivity index (χ4v) is 2.05. The third-order valence-corrected chi connectivity index (χ3v) is 2.93. The molecule has 0 aliphatic rings. The van der Waals surface area contributed by atoms with Gasteiger partial charge in [-0.1, -0.05) is 23.9 Å². The van der Waals surface area contributed by atoms with Crippen LogP contribution in [0.5, 0.6) is 5.88 Å². The van der Waals surface area contributed by atoms with E-state index in [1.807, 2.05) is 0 Å². The van der Waals surface area contributed by atoms with Crippen molar-refractivity contribution < 1.29 is 9.13 Å². The molecule has 0 saturated carbocycles. The summed E-state index contributed by atoms with van der Waals surface area (Å²) in [5, 5.41) is 0.541. The summed E-state index contributed by atoms with van der Waals surface area (Å²) in [5.41, 5.74) is 5.52. The lowest BCUT2D eigenvalue weighted by atomic mass is 10.3. The Bertz CT molecular complexity index is 536. The van der Waals surface area contributed by atoms with Crippen molar-refractivity contribution in [1.82, 2.24) is 9.97 Å². The van der Waals surface area contributed by atoms with Crippen molar-refractivity contribution in [2.24, 2.45) is 0 Å². The summed E-state index contributed by atoms with van der Waals surface area (Å²) in [6.45, 7) is 0. The van der Waals surface area contributed by atoms with E-state index in [0.717, 1.165) is 0 Å². The first kappa shape index (κ1) is 11.7. The van der Waals surface area contributed by atoms with Crippen molar-refractivity contribution >= 4 is 17.7 Å². The molecule has 17 heavy (non-hydrogen) atoms. The van der Waals surface area contributed by atoms with Crippen molar-refractivity contribution in [3.05, 3.63) is 36.1 Å². The highest BCUT2D eigenvalue weighted by Gasteiger charge is 2.07. The number of benzene rings is 1. The molecule has 0 unspecified atom stereocenters. The minimum absolute atomic E-state index is 0.100. The van der Waals surface area contributed by atoms with E-state index >= 15 is 0 Å². The minimum Gasteiger partial charge on any atom is -0.481 e. The van der Waals surface area contributed by atoms with E-state index in [0.29, 0.717) is 15.8 Å². The largest absolute Gasteiger partial charge is 0.481 e. The Balaban J connectivity index is 2.30. The molecular weight excluding hydrogens is 241 g/mol. The zero-order valence-corrected chi connectivity index (χ0v) is 9.87. The van der Waals surface area contributed by atoms with E-state index < -0.39 is 0 Å². The SMILES string of the molecule is COc1cc(Sc2ccccc2F)nc(N)n1. The molecule has 2 rings (SSSR count). The fraction of sp³-hybridized carbons (Fsp3) is 0.0909. The molecule has 88 valence electrons. The van der Waals surface area contributed by atoms with Gasteiger partial charge in [0.2, 0.25) is 11.8 Å². The number of anilines is 1. The van der Waals surface area contributed by atoms with Crippen LogP contribution in [-0.2, 0) is 0 Å². The Morgan fingerprint density at radius 1 is 1.29 bits per heavy atom. The molecule has 0 atom stereocenters. The van der Waals surface area contributed by atoms with E-state index in [1.165, 1.54) is 24.9 Å². The summed E-state index contributed by atoms with van der Waals surface area (Å²) < 4.78 is 18.4. The Morgan fingerprint density at radius 3 is 2.76 bits per heavy atom. The Hall–Kier alpha value is -1.82. The van der Waals surface area contributed by atoms with Crippen LogP contribution in [0.4, 0.5) is 10.3 Å². The first-order valence-electron chi connectivity index (χ1n) is 4.80. The Morgan fingerprint density at radius 2 is 2.06 bits per heavy atom. The average molecular weight is 251 g/mol. The summed E-state index contributed by atoms with van der Waals surface area (Å²) in [5.74, 6) is 0.160. The van der Waals surface area contributed by atoms with Gasteiger partial charge in [0.15, 0.2) is 0 Å². The molecule has 0 fully saturated rings. The van der Waals surface area contributed by atoms with E-state index in [-0.39, 0.29) is 11.8 Å². The first-order chi connectivity index (χ1) is 8.19. The minimum atomic E-state index is -0.298. The highest BCUT2D eigenvalue weighted by molar-refractivity contribution is 7.99.